The highest BCUT2D eigenvalue weighted by Crippen LogP contribution is 2.19. The molecule has 2 N–H and O–H groups in total. The summed E-state index contributed by atoms with van der Waals surface area (Å²) in [7, 11) is 0. The molecule has 0 saturated carbocycles. The second-order valence-electron chi connectivity index (χ2n) is 5.24. The minimum Gasteiger partial charge on any atom is -0.348 e. The van der Waals surface area contributed by atoms with Gasteiger partial charge in [-0.25, -0.2) is 4.98 Å². The first-order chi connectivity index (χ1) is 11.7. The van der Waals surface area contributed by atoms with Crippen molar-refractivity contribution in [2.24, 2.45) is 0 Å². The van der Waals surface area contributed by atoms with Gasteiger partial charge >= 0.3 is 0 Å². The Balaban J connectivity index is 1.60. The highest BCUT2D eigenvalue weighted by Gasteiger charge is 2.06. The molecule has 0 aliphatic heterocycles. The molecule has 120 valence electrons. The number of carbonyl (C=O) groups is 1. The van der Waals surface area contributed by atoms with E-state index in [0.717, 1.165) is 15.7 Å². The molecular formula is C19H16BrN3O. The maximum Gasteiger partial charge on any atom is 0.253 e. The first-order valence-electron chi connectivity index (χ1n) is 7.51. The van der Waals surface area contributed by atoms with E-state index in [1.54, 1.807) is 18.3 Å². The molecule has 0 aliphatic rings. The van der Waals surface area contributed by atoms with Crippen LogP contribution in [0.3, 0.4) is 0 Å². The van der Waals surface area contributed by atoms with Crippen molar-refractivity contribution < 1.29 is 4.79 Å². The number of pyridine rings is 1. The zero-order valence-corrected chi connectivity index (χ0v) is 14.5. The first kappa shape index (κ1) is 16.2. The average Bonchev–Trinajstić information content (AvgIpc) is 2.61. The molecule has 3 aromatic rings. The van der Waals surface area contributed by atoms with Crippen LogP contribution in [0.1, 0.15) is 15.9 Å². The van der Waals surface area contributed by atoms with Crippen LogP contribution in [0.25, 0.3) is 0 Å². The number of amides is 1. The number of carbonyl (C=O) groups excluding carboxylic acids is 1. The Kier molecular flexibility index (Phi) is 5.23. The van der Waals surface area contributed by atoms with Crippen molar-refractivity contribution >= 4 is 33.3 Å². The number of aromatic nitrogens is 1. The molecule has 0 spiro atoms. The van der Waals surface area contributed by atoms with E-state index < -0.39 is 0 Å². The average molecular weight is 382 g/mol. The molecule has 0 atom stereocenters. The van der Waals surface area contributed by atoms with Crippen LogP contribution in [0.15, 0.2) is 77.4 Å². The number of hydrogen-bond donors (Lipinski definition) is 2. The summed E-state index contributed by atoms with van der Waals surface area (Å²) in [6.45, 7) is 0.498. The predicted molar refractivity (Wildman–Crippen MR) is 99.3 cm³/mol. The van der Waals surface area contributed by atoms with Crippen molar-refractivity contribution in [1.82, 2.24) is 10.3 Å². The fourth-order valence-electron chi connectivity index (χ4n) is 2.20. The third kappa shape index (κ3) is 4.43. The second-order valence-corrected chi connectivity index (χ2v) is 6.15. The zero-order valence-electron chi connectivity index (χ0n) is 12.9. The van der Waals surface area contributed by atoms with Gasteiger partial charge in [0.1, 0.15) is 5.82 Å². The fourth-order valence-corrected chi connectivity index (χ4v) is 2.60. The molecule has 0 aliphatic carbocycles. The van der Waals surface area contributed by atoms with Crippen LogP contribution in [0.5, 0.6) is 0 Å². The lowest BCUT2D eigenvalue weighted by Crippen LogP contribution is -2.22. The number of nitrogens with one attached hydrogen (secondary N) is 2. The number of hydrogen-bond acceptors (Lipinski definition) is 3. The molecule has 1 aromatic heterocycles. The van der Waals surface area contributed by atoms with Crippen LogP contribution >= 0.6 is 15.9 Å². The molecule has 0 unspecified atom stereocenters. The lowest BCUT2D eigenvalue weighted by Gasteiger charge is -2.08. The Hall–Kier alpha value is -2.66. The fraction of sp³-hybridized carbons (Fsp3) is 0.0526. The normalized spacial score (nSPS) is 10.2. The maximum atomic E-state index is 12.2. The largest absolute Gasteiger partial charge is 0.348 e. The van der Waals surface area contributed by atoms with E-state index in [0.29, 0.717) is 17.9 Å². The molecule has 0 bridgehead atoms. The third-order valence-corrected chi connectivity index (χ3v) is 3.91. The molecular weight excluding hydrogens is 366 g/mol. The van der Waals surface area contributed by atoms with Gasteiger partial charge in [0.05, 0.1) is 5.56 Å². The molecule has 4 nitrogen and oxygen atoms in total. The Labute approximate surface area is 149 Å². The molecule has 3 rings (SSSR count). The third-order valence-electron chi connectivity index (χ3n) is 3.42. The highest BCUT2D eigenvalue weighted by molar-refractivity contribution is 9.10. The van der Waals surface area contributed by atoms with Crippen molar-refractivity contribution in [2.75, 3.05) is 5.32 Å². The van der Waals surface area contributed by atoms with E-state index in [-0.39, 0.29) is 5.91 Å². The summed E-state index contributed by atoms with van der Waals surface area (Å²) in [5, 5.41) is 6.08. The van der Waals surface area contributed by atoms with E-state index in [4.69, 9.17) is 0 Å². The van der Waals surface area contributed by atoms with E-state index in [1.165, 1.54) is 0 Å². The molecule has 1 amide bonds. The number of halogens is 1. The van der Waals surface area contributed by atoms with Gasteiger partial charge in [0.15, 0.2) is 0 Å². The summed E-state index contributed by atoms with van der Waals surface area (Å²) in [6.07, 6.45) is 1.57. The summed E-state index contributed by atoms with van der Waals surface area (Å²) in [6, 6.07) is 21.2. The van der Waals surface area contributed by atoms with Crippen LogP contribution in [0.4, 0.5) is 11.5 Å². The van der Waals surface area contributed by atoms with Crippen LogP contribution in [-0.4, -0.2) is 10.9 Å². The van der Waals surface area contributed by atoms with E-state index in [1.807, 2.05) is 54.6 Å². The number of anilines is 2. The van der Waals surface area contributed by atoms with E-state index in [9.17, 15) is 4.79 Å². The summed E-state index contributed by atoms with van der Waals surface area (Å²) >= 11 is 3.43. The van der Waals surface area contributed by atoms with Crippen molar-refractivity contribution in [3.8, 4) is 0 Å². The molecule has 0 fully saturated rings. The van der Waals surface area contributed by atoms with Crippen molar-refractivity contribution in [3.63, 3.8) is 0 Å². The monoisotopic (exact) mass is 381 g/mol. The second kappa shape index (κ2) is 7.75. The minimum atomic E-state index is -0.139. The molecule has 0 saturated heterocycles. The van der Waals surface area contributed by atoms with Crippen molar-refractivity contribution in [1.29, 1.82) is 0 Å². The maximum absolute atomic E-state index is 12.2. The van der Waals surface area contributed by atoms with Gasteiger partial charge in [0.2, 0.25) is 0 Å². The predicted octanol–water partition coefficient (Wildman–Crippen LogP) is 4.52. The highest BCUT2D eigenvalue weighted by atomic mass is 79.9. The molecule has 5 heteroatoms. The quantitative estimate of drug-likeness (QED) is 0.682. The van der Waals surface area contributed by atoms with Gasteiger partial charge in [-0.2, -0.15) is 0 Å². The Bertz CT molecular complexity index is 820. The van der Waals surface area contributed by atoms with Gasteiger partial charge in [0.25, 0.3) is 5.91 Å². The van der Waals surface area contributed by atoms with Gasteiger partial charge in [-0.15, -0.1) is 0 Å². The SMILES string of the molecule is O=C(NCc1ccccc1)c1ccc(Nc2cccc(Br)c2)nc1. The number of benzene rings is 2. The van der Waals surface area contributed by atoms with Crippen LogP contribution in [0, 0.1) is 0 Å². The molecule has 1 heterocycles. The van der Waals surface area contributed by atoms with Crippen LogP contribution in [0.2, 0.25) is 0 Å². The zero-order chi connectivity index (χ0) is 16.8. The van der Waals surface area contributed by atoms with Gasteiger partial charge in [0, 0.05) is 22.9 Å². The van der Waals surface area contributed by atoms with Gasteiger partial charge in [-0.3, -0.25) is 4.79 Å². The molecule has 2 aromatic carbocycles. The summed E-state index contributed by atoms with van der Waals surface area (Å²) < 4.78 is 0.990. The Morgan fingerprint density at radius 3 is 2.54 bits per heavy atom. The Morgan fingerprint density at radius 1 is 1.00 bits per heavy atom. The molecule has 0 radical (unpaired) electrons. The summed E-state index contributed by atoms with van der Waals surface area (Å²) in [5.74, 6) is 0.549. The van der Waals surface area contributed by atoms with E-state index in [2.05, 4.69) is 31.5 Å². The van der Waals surface area contributed by atoms with Gasteiger partial charge in [-0.1, -0.05) is 52.3 Å². The lowest BCUT2D eigenvalue weighted by molar-refractivity contribution is 0.0950. The number of rotatable bonds is 5. The van der Waals surface area contributed by atoms with Crippen molar-refractivity contribution in [3.05, 3.63) is 88.5 Å². The van der Waals surface area contributed by atoms with Crippen LogP contribution in [-0.2, 0) is 6.54 Å². The lowest BCUT2D eigenvalue weighted by atomic mass is 10.2. The number of nitrogens with zero attached hydrogens (tertiary/aromatic N) is 1. The first-order valence-corrected chi connectivity index (χ1v) is 8.31. The smallest absolute Gasteiger partial charge is 0.253 e. The summed E-state index contributed by atoms with van der Waals surface area (Å²) in [5.41, 5.74) is 2.52. The van der Waals surface area contributed by atoms with E-state index >= 15 is 0 Å². The summed E-state index contributed by atoms with van der Waals surface area (Å²) in [4.78, 5) is 16.4. The Morgan fingerprint density at radius 2 is 1.83 bits per heavy atom. The molecule has 24 heavy (non-hydrogen) atoms. The minimum absolute atomic E-state index is 0.139. The van der Waals surface area contributed by atoms with Gasteiger partial charge < -0.3 is 10.6 Å². The standard InChI is InChI=1S/C19H16BrN3O/c20-16-7-4-8-17(11-16)23-18-10-9-15(13-21-18)19(24)22-12-14-5-2-1-3-6-14/h1-11,13H,12H2,(H,21,23)(H,22,24). The van der Waals surface area contributed by atoms with Gasteiger partial charge in [-0.05, 0) is 35.9 Å². The van der Waals surface area contributed by atoms with Crippen molar-refractivity contribution in [2.45, 2.75) is 6.54 Å². The topological polar surface area (TPSA) is 54.0 Å². The van der Waals surface area contributed by atoms with Crippen LogP contribution < -0.4 is 10.6 Å².